The van der Waals surface area contributed by atoms with Crippen molar-refractivity contribution in [1.82, 2.24) is 9.78 Å². The number of halogens is 2. The molecule has 0 aliphatic rings. The third kappa shape index (κ3) is 5.22. The third-order valence-corrected chi connectivity index (χ3v) is 4.60. The number of rotatable bonds is 6. The highest BCUT2D eigenvalue weighted by Crippen LogP contribution is 2.20. The first-order chi connectivity index (χ1) is 14.8. The van der Waals surface area contributed by atoms with Crippen molar-refractivity contribution in [3.63, 3.8) is 0 Å². The van der Waals surface area contributed by atoms with Gasteiger partial charge in [-0.1, -0.05) is 12.1 Å². The van der Waals surface area contributed by atoms with E-state index in [4.69, 9.17) is 4.74 Å². The summed E-state index contributed by atoms with van der Waals surface area (Å²) in [4.78, 5) is 24.3. The Labute approximate surface area is 178 Å². The maximum Gasteiger partial charge on any atom is 0.331 e. The molecular weight excluding hydrogens is 404 g/mol. The fourth-order valence-corrected chi connectivity index (χ4v) is 2.94. The molecule has 31 heavy (non-hydrogen) atoms. The molecule has 0 aliphatic carbocycles. The zero-order valence-electron chi connectivity index (χ0n) is 17.2. The van der Waals surface area contributed by atoms with Gasteiger partial charge < -0.3 is 10.1 Å². The summed E-state index contributed by atoms with van der Waals surface area (Å²) in [7, 11) is 0. The van der Waals surface area contributed by atoms with Crippen LogP contribution in [0.5, 0.6) is 0 Å². The molecule has 0 radical (unpaired) electrons. The SMILES string of the molecule is Cc1nn(-c2ccc(F)cc2)c(C)c1/C=C/C(=O)OC(C)C(=O)Nc1ccccc1F. The van der Waals surface area contributed by atoms with Crippen molar-refractivity contribution in [2.24, 2.45) is 0 Å². The van der Waals surface area contributed by atoms with E-state index in [9.17, 15) is 18.4 Å². The second-order valence-electron chi connectivity index (χ2n) is 6.85. The average Bonchev–Trinajstić information content (AvgIpc) is 3.02. The monoisotopic (exact) mass is 425 g/mol. The Bertz CT molecular complexity index is 1140. The summed E-state index contributed by atoms with van der Waals surface area (Å²) in [6.45, 7) is 4.99. The Kier molecular flexibility index (Phi) is 6.59. The molecule has 0 bridgehead atoms. The number of hydrogen-bond acceptors (Lipinski definition) is 4. The van der Waals surface area contributed by atoms with Gasteiger partial charge in [-0.15, -0.1) is 0 Å². The first-order valence-corrected chi connectivity index (χ1v) is 9.52. The molecule has 3 rings (SSSR count). The Morgan fingerprint density at radius 3 is 2.45 bits per heavy atom. The lowest BCUT2D eigenvalue weighted by Crippen LogP contribution is -2.29. The zero-order valence-corrected chi connectivity index (χ0v) is 17.2. The minimum atomic E-state index is -1.12. The number of amides is 1. The Balaban J connectivity index is 1.66. The number of nitrogens with zero attached hydrogens (tertiary/aromatic N) is 2. The quantitative estimate of drug-likeness (QED) is 0.471. The molecule has 8 heteroatoms. The van der Waals surface area contributed by atoms with E-state index in [0.29, 0.717) is 16.9 Å². The number of aryl methyl sites for hydroxylation is 1. The lowest BCUT2D eigenvalue weighted by molar-refractivity contribution is -0.148. The predicted molar refractivity (Wildman–Crippen MR) is 113 cm³/mol. The highest BCUT2D eigenvalue weighted by Gasteiger charge is 2.18. The summed E-state index contributed by atoms with van der Waals surface area (Å²) in [5, 5.41) is 6.80. The molecule has 0 saturated heterocycles. The first-order valence-electron chi connectivity index (χ1n) is 9.52. The van der Waals surface area contributed by atoms with Gasteiger partial charge in [0.15, 0.2) is 6.10 Å². The van der Waals surface area contributed by atoms with Crippen molar-refractivity contribution in [1.29, 1.82) is 0 Å². The van der Waals surface area contributed by atoms with Crippen LogP contribution in [0.2, 0.25) is 0 Å². The van der Waals surface area contributed by atoms with Crippen molar-refractivity contribution in [2.75, 3.05) is 5.32 Å². The van der Waals surface area contributed by atoms with Gasteiger partial charge in [0, 0.05) is 17.3 Å². The molecule has 0 saturated carbocycles. The summed E-state index contributed by atoms with van der Waals surface area (Å²) in [5.74, 6) is -2.31. The summed E-state index contributed by atoms with van der Waals surface area (Å²) >= 11 is 0. The Morgan fingerprint density at radius 2 is 1.77 bits per heavy atom. The van der Waals surface area contributed by atoms with Gasteiger partial charge >= 0.3 is 5.97 Å². The van der Waals surface area contributed by atoms with Crippen molar-refractivity contribution in [2.45, 2.75) is 26.9 Å². The van der Waals surface area contributed by atoms with Crippen LogP contribution in [0, 0.1) is 25.5 Å². The van der Waals surface area contributed by atoms with Gasteiger partial charge in [-0.3, -0.25) is 4.79 Å². The summed E-state index contributed by atoms with van der Waals surface area (Å²) < 4.78 is 33.5. The fraction of sp³-hybridized carbons (Fsp3) is 0.174. The smallest absolute Gasteiger partial charge is 0.331 e. The minimum absolute atomic E-state index is 0.00500. The molecule has 1 amide bonds. The van der Waals surface area contributed by atoms with E-state index in [1.54, 1.807) is 35.9 Å². The third-order valence-electron chi connectivity index (χ3n) is 4.60. The molecule has 0 spiro atoms. The van der Waals surface area contributed by atoms with Gasteiger partial charge in [0.05, 0.1) is 17.1 Å². The van der Waals surface area contributed by atoms with Crippen LogP contribution >= 0.6 is 0 Å². The largest absolute Gasteiger partial charge is 0.449 e. The lowest BCUT2D eigenvalue weighted by atomic mass is 10.2. The first kappa shape index (κ1) is 21.9. The van der Waals surface area contributed by atoms with E-state index < -0.39 is 23.8 Å². The van der Waals surface area contributed by atoms with E-state index in [2.05, 4.69) is 10.4 Å². The molecule has 0 fully saturated rings. The summed E-state index contributed by atoms with van der Waals surface area (Å²) in [5.41, 5.74) is 2.80. The maximum atomic E-state index is 13.6. The summed E-state index contributed by atoms with van der Waals surface area (Å²) in [6, 6.07) is 11.6. The molecule has 3 aromatic rings. The number of benzene rings is 2. The van der Waals surface area contributed by atoms with Crippen LogP contribution in [0.15, 0.2) is 54.6 Å². The molecule has 6 nitrogen and oxygen atoms in total. The highest BCUT2D eigenvalue weighted by molar-refractivity contribution is 5.96. The van der Waals surface area contributed by atoms with E-state index in [1.807, 2.05) is 6.92 Å². The van der Waals surface area contributed by atoms with E-state index >= 15 is 0 Å². The molecule has 0 aliphatic heterocycles. The van der Waals surface area contributed by atoms with Gasteiger partial charge in [0.25, 0.3) is 5.91 Å². The van der Waals surface area contributed by atoms with Crippen molar-refractivity contribution in [3.8, 4) is 5.69 Å². The number of ether oxygens (including phenoxy) is 1. The van der Waals surface area contributed by atoms with Crippen molar-refractivity contribution < 1.29 is 23.1 Å². The molecule has 1 heterocycles. The number of para-hydroxylation sites is 1. The van der Waals surface area contributed by atoms with Crippen LogP contribution in [0.4, 0.5) is 14.5 Å². The molecule has 1 N–H and O–H groups in total. The molecule has 1 unspecified atom stereocenters. The standard InChI is InChI=1S/C23H21F2N3O3/c1-14-19(15(2)28(27-14)18-10-8-17(24)9-11-18)12-13-22(29)31-16(3)23(30)26-21-7-5-4-6-20(21)25/h4-13,16H,1-3H3,(H,26,30)/b13-12+. The number of aromatic nitrogens is 2. The second-order valence-corrected chi connectivity index (χ2v) is 6.85. The molecule has 2 aromatic carbocycles. The molecule has 1 atom stereocenters. The van der Waals surface area contributed by atoms with Gasteiger partial charge in [0.2, 0.25) is 0 Å². The van der Waals surface area contributed by atoms with Crippen LogP contribution in [0.1, 0.15) is 23.9 Å². The Morgan fingerprint density at radius 1 is 1.10 bits per heavy atom. The summed E-state index contributed by atoms with van der Waals surface area (Å²) in [6.07, 6.45) is 1.61. The number of nitrogens with one attached hydrogen (secondary N) is 1. The average molecular weight is 425 g/mol. The fourth-order valence-electron chi connectivity index (χ4n) is 2.94. The number of anilines is 1. The van der Waals surface area contributed by atoms with E-state index in [0.717, 1.165) is 5.69 Å². The number of esters is 1. The molecule has 160 valence electrons. The highest BCUT2D eigenvalue weighted by atomic mass is 19.1. The van der Waals surface area contributed by atoms with Crippen LogP contribution in [-0.2, 0) is 14.3 Å². The van der Waals surface area contributed by atoms with Crippen LogP contribution < -0.4 is 5.32 Å². The van der Waals surface area contributed by atoms with Crippen molar-refractivity contribution in [3.05, 3.63) is 83.2 Å². The zero-order chi connectivity index (χ0) is 22.5. The van der Waals surface area contributed by atoms with Crippen LogP contribution in [0.25, 0.3) is 11.8 Å². The predicted octanol–water partition coefficient (Wildman–Crippen LogP) is 4.35. The second kappa shape index (κ2) is 9.34. The topological polar surface area (TPSA) is 73.2 Å². The number of carbonyl (C=O) groups excluding carboxylic acids is 2. The number of carbonyl (C=O) groups is 2. The van der Waals surface area contributed by atoms with Gasteiger partial charge in [-0.05, 0) is 63.2 Å². The van der Waals surface area contributed by atoms with Crippen LogP contribution in [0.3, 0.4) is 0 Å². The molecular formula is C23H21F2N3O3. The van der Waals surface area contributed by atoms with E-state index in [1.165, 1.54) is 43.3 Å². The van der Waals surface area contributed by atoms with Gasteiger partial charge in [-0.2, -0.15) is 5.10 Å². The minimum Gasteiger partial charge on any atom is -0.449 e. The van der Waals surface area contributed by atoms with E-state index in [-0.39, 0.29) is 11.5 Å². The Hall–Kier alpha value is -3.81. The normalized spacial score (nSPS) is 12.0. The lowest BCUT2D eigenvalue weighted by Gasteiger charge is -2.12. The van der Waals surface area contributed by atoms with Gasteiger partial charge in [0.1, 0.15) is 11.6 Å². The number of hydrogen-bond donors (Lipinski definition) is 1. The maximum absolute atomic E-state index is 13.6. The van der Waals surface area contributed by atoms with Crippen LogP contribution in [-0.4, -0.2) is 27.8 Å². The molecule has 1 aromatic heterocycles. The van der Waals surface area contributed by atoms with Crippen molar-refractivity contribution >= 4 is 23.6 Å². The van der Waals surface area contributed by atoms with Gasteiger partial charge in [-0.25, -0.2) is 18.3 Å².